The maximum atomic E-state index is 4.55. The minimum absolute atomic E-state index is 0.410. The first kappa shape index (κ1) is 12.2. The first-order valence-electron chi connectivity index (χ1n) is 5.77. The molecule has 1 aliphatic heterocycles. The minimum Gasteiger partial charge on any atom is -0.347 e. The number of nitrogens with zero attached hydrogens (tertiary/aromatic N) is 2. The molecule has 1 aromatic rings. The first-order chi connectivity index (χ1) is 7.81. The fraction of sp³-hybridized carbons (Fsp3) is 0.727. The molecule has 0 radical (unpaired) electrons. The molecule has 1 atom stereocenters. The normalized spacial score (nSPS) is 19.5. The third-order valence-corrected chi connectivity index (χ3v) is 5.15. The highest BCUT2D eigenvalue weighted by Crippen LogP contribution is 2.28. The van der Waals surface area contributed by atoms with Crippen molar-refractivity contribution in [3.63, 3.8) is 0 Å². The van der Waals surface area contributed by atoms with Gasteiger partial charge in [0.15, 0.2) is 5.13 Å². The number of hydrogen-bond donors (Lipinski definition) is 1. The second-order valence-corrected chi connectivity index (χ2v) is 6.27. The Hall–Kier alpha value is -0.260. The molecule has 0 spiro atoms. The summed E-state index contributed by atoms with van der Waals surface area (Å²) >= 11 is 3.88. The van der Waals surface area contributed by atoms with Gasteiger partial charge in [-0.1, -0.05) is 0 Å². The Morgan fingerprint density at radius 3 is 3.12 bits per heavy atom. The van der Waals surface area contributed by atoms with Gasteiger partial charge >= 0.3 is 0 Å². The fourth-order valence-corrected chi connectivity index (χ4v) is 3.62. The van der Waals surface area contributed by atoms with E-state index in [1.165, 1.54) is 27.9 Å². The summed E-state index contributed by atoms with van der Waals surface area (Å²) in [6, 6.07) is 0.410. The van der Waals surface area contributed by atoms with E-state index in [1.807, 2.05) is 24.6 Å². The van der Waals surface area contributed by atoms with Crippen LogP contribution in [0.4, 0.5) is 5.13 Å². The van der Waals surface area contributed by atoms with Crippen LogP contribution >= 0.6 is 23.1 Å². The third kappa shape index (κ3) is 2.90. The van der Waals surface area contributed by atoms with Crippen molar-refractivity contribution in [1.29, 1.82) is 0 Å². The molecule has 3 nitrogen and oxygen atoms in total. The molecule has 0 bridgehead atoms. The number of thiazole rings is 1. The Morgan fingerprint density at radius 1 is 1.44 bits per heavy atom. The molecule has 0 amide bonds. The van der Waals surface area contributed by atoms with Gasteiger partial charge in [0.2, 0.25) is 0 Å². The smallest absolute Gasteiger partial charge is 0.185 e. The number of aromatic nitrogens is 1. The molecule has 16 heavy (non-hydrogen) atoms. The van der Waals surface area contributed by atoms with E-state index >= 15 is 0 Å². The molecule has 1 aliphatic rings. The topological polar surface area (TPSA) is 28.2 Å². The number of hydrogen-bond acceptors (Lipinski definition) is 5. The molecule has 1 fully saturated rings. The zero-order valence-corrected chi connectivity index (χ0v) is 11.5. The molecule has 0 aromatic carbocycles. The van der Waals surface area contributed by atoms with E-state index in [-0.39, 0.29) is 0 Å². The van der Waals surface area contributed by atoms with E-state index in [9.17, 15) is 0 Å². The van der Waals surface area contributed by atoms with Crippen molar-refractivity contribution >= 4 is 28.2 Å². The highest BCUT2D eigenvalue weighted by atomic mass is 32.2. The summed E-state index contributed by atoms with van der Waals surface area (Å²) in [6.07, 6.45) is 3.29. The molecule has 2 heterocycles. The Kier molecular flexibility index (Phi) is 4.49. The lowest BCUT2D eigenvalue weighted by Gasteiger charge is -2.18. The lowest BCUT2D eigenvalue weighted by molar-refractivity contribution is 0.662. The summed E-state index contributed by atoms with van der Waals surface area (Å²) < 4.78 is 0. The first-order valence-corrected chi connectivity index (χ1v) is 7.74. The van der Waals surface area contributed by atoms with Crippen molar-refractivity contribution in [3.8, 4) is 0 Å². The summed E-state index contributed by atoms with van der Waals surface area (Å²) in [5.74, 6) is 2.53. The Balaban J connectivity index is 2.05. The Bertz CT molecular complexity index is 319. The van der Waals surface area contributed by atoms with Crippen molar-refractivity contribution in [2.75, 3.05) is 36.5 Å². The van der Waals surface area contributed by atoms with Gasteiger partial charge in [-0.2, -0.15) is 11.8 Å². The second-order valence-electron chi connectivity index (χ2n) is 4.01. The van der Waals surface area contributed by atoms with Gasteiger partial charge in [-0.05, 0) is 26.1 Å². The highest BCUT2D eigenvalue weighted by Gasteiger charge is 2.15. The van der Waals surface area contributed by atoms with Gasteiger partial charge < -0.3 is 10.2 Å². The highest BCUT2D eigenvalue weighted by molar-refractivity contribution is 7.99. The molecule has 90 valence electrons. The number of nitrogens with one attached hydrogen (secondary N) is 1. The molecular formula is C11H19N3S2. The molecule has 1 unspecified atom stereocenters. The molecule has 1 N–H and O–H groups in total. The lowest BCUT2D eigenvalue weighted by Crippen LogP contribution is -2.25. The minimum atomic E-state index is 0.410. The van der Waals surface area contributed by atoms with Crippen molar-refractivity contribution in [3.05, 3.63) is 11.1 Å². The average Bonchev–Trinajstić information content (AvgIpc) is 2.64. The van der Waals surface area contributed by atoms with Crippen molar-refractivity contribution < 1.29 is 0 Å². The van der Waals surface area contributed by atoms with Crippen LogP contribution in [0.15, 0.2) is 6.20 Å². The maximum Gasteiger partial charge on any atom is 0.185 e. The molecule has 1 aromatic heterocycles. The van der Waals surface area contributed by atoms with E-state index < -0.39 is 0 Å². The van der Waals surface area contributed by atoms with Crippen LogP contribution in [0.1, 0.15) is 24.3 Å². The van der Waals surface area contributed by atoms with Crippen LogP contribution in [0, 0.1) is 0 Å². The fourth-order valence-electron chi connectivity index (χ4n) is 1.70. The summed E-state index contributed by atoms with van der Waals surface area (Å²) in [5, 5.41) is 4.45. The van der Waals surface area contributed by atoms with E-state index in [4.69, 9.17) is 0 Å². The van der Waals surface area contributed by atoms with Crippen molar-refractivity contribution in [2.24, 2.45) is 0 Å². The van der Waals surface area contributed by atoms with Gasteiger partial charge in [-0.15, -0.1) is 11.3 Å². The average molecular weight is 257 g/mol. The molecule has 2 rings (SSSR count). The van der Waals surface area contributed by atoms with Crippen molar-refractivity contribution in [1.82, 2.24) is 10.3 Å². The van der Waals surface area contributed by atoms with E-state index in [2.05, 4.69) is 33.9 Å². The maximum absolute atomic E-state index is 4.55. The monoisotopic (exact) mass is 257 g/mol. The molecular weight excluding hydrogens is 238 g/mol. The zero-order chi connectivity index (χ0) is 11.4. The van der Waals surface area contributed by atoms with Crippen LogP contribution in [0.25, 0.3) is 0 Å². The molecule has 0 aliphatic carbocycles. The van der Waals surface area contributed by atoms with Crippen LogP contribution in [-0.2, 0) is 0 Å². The summed E-state index contributed by atoms with van der Waals surface area (Å²) in [6.45, 7) is 4.48. The van der Waals surface area contributed by atoms with Crippen molar-refractivity contribution in [2.45, 2.75) is 19.4 Å². The standard InChI is InChI=1S/C11H19N3S2/c1-9(12-2)10-8-13-11(16-10)14-4-3-6-15-7-5-14/h8-9,12H,3-7H2,1-2H3. The van der Waals surface area contributed by atoms with Gasteiger partial charge in [0.1, 0.15) is 0 Å². The predicted octanol–water partition coefficient (Wildman–Crippen LogP) is 2.37. The van der Waals surface area contributed by atoms with E-state index in [0.717, 1.165) is 13.1 Å². The Labute approximate surface area is 106 Å². The summed E-state index contributed by atoms with van der Waals surface area (Å²) in [5.41, 5.74) is 0. The van der Waals surface area contributed by atoms with Gasteiger partial charge in [-0.25, -0.2) is 4.98 Å². The van der Waals surface area contributed by atoms with Gasteiger partial charge in [0, 0.05) is 36.0 Å². The molecule has 1 saturated heterocycles. The van der Waals surface area contributed by atoms with Crippen LogP contribution in [-0.4, -0.2) is 36.6 Å². The SMILES string of the molecule is CNC(C)c1cnc(N2CCCSCC2)s1. The number of thioether (sulfide) groups is 1. The molecule has 0 saturated carbocycles. The zero-order valence-electron chi connectivity index (χ0n) is 9.90. The third-order valence-electron chi connectivity index (χ3n) is 2.86. The Morgan fingerprint density at radius 2 is 2.31 bits per heavy atom. The number of anilines is 1. The number of rotatable bonds is 3. The van der Waals surface area contributed by atoms with Crippen LogP contribution < -0.4 is 10.2 Å². The largest absolute Gasteiger partial charge is 0.347 e. The quantitative estimate of drug-likeness (QED) is 0.900. The van der Waals surface area contributed by atoms with E-state index in [1.54, 1.807) is 0 Å². The summed E-state index contributed by atoms with van der Waals surface area (Å²) in [7, 11) is 1.99. The summed E-state index contributed by atoms with van der Waals surface area (Å²) in [4.78, 5) is 8.30. The van der Waals surface area contributed by atoms with E-state index in [0.29, 0.717) is 6.04 Å². The molecule has 5 heteroatoms. The van der Waals surface area contributed by atoms with Gasteiger partial charge in [0.05, 0.1) is 0 Å². The lowest BCUT2D eigenvalue weighted by atomic mass is 10.3. The van der Waals surface area contributed by atoms with Gasteiger partial charge in [-0.3, -0.25) is 0 Å². The second kappa shape index (κ2) is 5.89. The van der Waals surface area contributed by atoms with Crippen LogP contribution in [0.5, 0.6) is 0 Å². The van der Waals surface area contributed by atoms with Crippen LogP contribution in [0.3, 0.4) is 0 Å². The van der Waals surface area contributed by atoms with Crippen LogP contribution in [0.2, 0.25) is 0 Å². The predicted molar refractivity (Wildman–Crippen MR) is 73.7 cm³/mol. The van der Waals surface area contributed by atoms with Gasteiger partial charge in [0.25, 0.3) is 0 Å².